The third-order valence-corrected chi connectivity index (χ3v) is 2.82. The summed E-state index contributed by atoms with van der Waals surface area (Å²) in [6, 6.07) is 6.65. The van der Waals surface area contributed by atoms with E-state index in [1.165, 1.54) is 12.3 Å². The van der Waals surface area contributed by atoms with Gasteiger partial charge in [-0.3, -0.25) is 9.78 Å². The monoisotopic (exact) mass is 311 g/mol. The summed E-state index contributed by atoms with van der Waals surface area (Å²) in [7, 11) is 0. The molecule has 0 atom stereocenters. The average molecular weight is 313 g/mol. The Hall–Kier alpha value is -1.46. The van der Waals surface area contributed by atoms with Gasteiger partial charge in [0.25, 0.3) is 5.91 Å². The molecule has 0 radical (unpaired) electrons. The number of anilines is 1. The molecule has 2 heterocycles. The Bertz CT molecular complexity index is 562. The number of hydrogen-bond donors (Lipinski definition) is 1. The van der Waals surface area contributed by atoms with Gasteiger partial charge < -0.3 is 5.32 Å². The number of nitrogens with one attached hydrogen (secondary N) is 1. The minimum atomic E-state index is -0.355. The van der Waals surface area contributed by atoms with Gasteiger partial charge in [-0.2, -0.15) is 0 Å². The van der Waals surface area contributed by atoms with Gasteiger partial charge in [-0.05, 0) is 40.2 Å². The standard InChI is InChI=1S/C11H7BrClN3O/c12-8-2-1-4-15-10(8)16-11(17)9-6-7(13)3-5-14-9/h1-6H,(H,15,16,17). The molecule has 6 heteroatoms. The van der Waals surface area contributed by atoms with Crippen molar-refractivity contribution < 1.29 is 4.79 Å². The summed E-state index contributed by atoms with van der Waals surface area (Å²) in [5.74, 6) is 0.0891. The molecule has 0 spiro atoms. The molecule has 0 aliphatic heterocycles. The quantitative estimate of drug-likeness (QED) is 0.927. The fourth-order valence-electron chi connectivity index (χ4n) is 1.18. The molecule has 0 saturated heterocycles. The highest BCUT2D eigenvalue weighted by Crippen LogP contribution is 2.19. The second-order valence-electron chi connectivity index (χ2n) is 3.15. The number of hydrogen-bond acceptors (Lipinski definition) is 3. The zero-order chi connectivity index (χ0) is 12.3. The molecule has 0 aliphatic rings. The Kier molecular flexibility index (Phi) is 3.71. The van der Waals surface area contributed by atoms with E-state index >= 15 is 0 Å². The van der Waals surface area contributed by atoms with E-state index in [2.05, 4.69) is 31.2 Å². The number of pyridine rings is 2. The van der Waals surface area contributed by atoms with E-state index in [0.717, 1.165) is 0 Å². The number of amides is 1. The first-order valence-electron chi connectivity index (χ1n) is 4.70. The molecule has 2 rings (SSSR count). The number of carbonyl (C=O) groups is 1. The average Bonchev–Trinajstić information content (AvgIpc) is 2.32. The second-order valence-corrected chi connectivity index (χ2v) is 4.44. The summed E-state index contributed by atoms with van der Waals surface area (Å²) in [4.78, 5) is 19.8. The zero-order valence-corrected chi connectivity index (χ0v) is 10.9. The van der Waals surface area contributed by atoms with Crippen molar-refractivity contribution in [3.8, 4) is 0 Å². The predicted molar refractivity (Wildman–Crippen MR) is 69.1 cm³/mol. The van der Waals surface area contributed by atoms with Crippen molar-refractivity contribution in [1.82, 2.24) is 9.97 Å². The minimum absolute atomic E-state index is 0.245. The van der Waals surface area contributed by atoms with Crippen LogP contribution in [0.2, 0.25) is 5.02 Å². The highest BCUT2D eigenvalue weighted by molar-refractivity contribution is 9.10. The zero-order valence-electron chi connectivity index (χ0n) is 8.52. The molecule has 86 valence electrons. The van der Waals surface area contributed by atoms with E-state index in [9.17, 15) is 4.79 Å². The topological polar surface area (TPSA) is 54.9 Å². The predicted octanol–water partition coefficient (Wildman–Crippen LogP) is 3.14. The molecule has 1 N–H and O–H groups in total. The third-order valence-electron chi connectivity index (χ3n) is 1.95. The largest absolute Gasteiger partial charge is 0.304 e. The molecule has 0 unspecified atom stereocenters. The summed E-state index contributed by atoms with van der Waals surface area (Å²) in [5, 5.41) is 3.10. The number of rotatable bonds is 2. The van der Waals surface area contributed by atoms with E-state index in [1.54, 1.807) is 24.4 Å². The first-order chi connectivity index (χ1) is 8.16. The maximum Gasteiger partial charge on any atom is 0.275 e. The maximum atomic E-state index is 11.8. The van der Waals surface area contributed by atoms with Crippen LogP contribution in [-0.2, 0) is 0 Å². The molecule has 2 aromatic rings. The summed E-state index contributed by atoms with van der Waals surface area (Å²) >= 11 is 9.07. The number of nitrogens with zero attached hydrogens (tertiary/aromatic N) is 2. The lowest BCUT2D eigenvalue weighted by molar-refractivity contribution is 0.102. The molecular weight excluding hydrogens is 305 g/mol. The summed E-state index contributed by atoms with van der Waals surface area (Å²) in [6.07, 6.45) is 3.07. The van der Waals surface area contributed by atoms with Gasteiger partial charge in [0, 0.05) is 17.4 Å². The van der Waals surface area contributed by atoms with Gasteiger partial charge in [0.05, 0.1) is 4.47 Å². The lowest BCUT2D eigenvalue weighted by atomic mass is 10.3. The number of halogens is 2. The van der Waals surface area contributed by atoms with Crippen LogP contribution < -0.4 is 5.32 Å². The highest BCUT2D eigenvalue weighted by atomic mass is 79.9. The second kappa shape index (κ2) is 5.25. The van der Waals surface area contributed by atoms with Crippen LogP contribution in [0, 0.1) is 0 Å². The van der Waals surface area contributed by atoms with Gasteiger partial charge in [-0.25, -0.2) is 4.98 Å². The number of carbonyl (C=O) groups excluding carboxylic acids is 1. The Labute approximate surface area is 111 Å². The van der Waals surface area contributed by atoms with E-state index in [0.29, 0.717) is 15.3 Å². The fourth-order valence-corrected chi connectivity index (χ4v) is 1.69. The Morgan fingerprint density at radius 3 is 2.82 bits per heavy atom. The van der Waals surface area contributed by atoms with Crippen LogP contribution in [0.15, 0.2) is 41.1 Å². The first kappa shape index (κ1) is 12.0. The van der Waals surface area contributed by atoms with Crippen LogP contribution in [0.3, 0.4) is 0 Å². The molecule has 0 bridgehead atoms. The van der Waals surface area contributed by atoms with Crippen LogP contribution in [-0.4, -0.2) is 15.9 Å². The van der Waals surface area contributed by atoms with Gasteiger partial charge in [-0.1, -0.05) is 11.6 Å². The minimum Gasteiger partial charge on any atom is -0.304 e. The smallest absolute Gasteiger partial charge is 0.275 e. The first-order valence-corrected chi connectivity index (χ1v) is 5.87. The normalized spacial score (nSPS) is 10.0. The number of aromatic nitrogens is 2. The van der Waals surface area contributed by atoms with Crippen molar-refractivity contribution in [3.05, 3.63) is 51.8 Å². The van der Waals surface area contributed by atoms with Crippen molar-refractivity contribution in [1.29, 1.82) is 0 Å². The lowest BCUT2D eigenvalue weighted by Gasteiger charge is -2.05. The van der Waals surface area contributed by atoms with Crippen LogP contribution in [0.4, 0.5) is 5.82 Å². The fraction of sp³-hybridized carbons (Fsp3) is 0. The van der Waals surface area contributed by atoms with Crippen LogP contribution in [0.1, 0.15) is 10.5 Å². The summed E-state index contributed by atoms with van der Waals surface area (Å²) in [6.45, 7) is 0. The molecule has 0 aromatic carbocycles. The van der Waals surface area contributed by atoms with Crippen LogP contribution >= 0.6 is 27.5 Å². The van der Waals surface area contributed by atoms with Gasteiger partial charge >= 0.3 is 0 Å². The molecule has 0 fully saturated rings. The van der Waals surface area contributed by atoms with Crippen molar-refractivity contribution in [2.24, 2.45) is 0 Å². The SMILES string of the molecule is O=C(Nc1ncccc1Br)c1cc(Cl)ccn1. The highest BCUT2D eigenvalue weighted by Gasteiger charge is 2.10. The van der Waals surface area contributed by atoms with Crippen molar-refractivity contribution >= 4 is 39.3 Å². The van der Waals surface area contributed by atoms with Gasteiger partial charge in [0.15, 0.2) is 0 Å². The van der Waals surface area contributed by atoms with Crippen LogP contribution in [0.5, 0.6) is 0 Å². The van der Waals surface area contributed by atoms with Gasteiger partial charge in [-0.15, -0.1) is 0 Å². The van der Waals surface area contributed by atoms with Crippen molar-refractivity contribution in [2.75, 3.05) is 5.32 Å². The molecule has 0 saturated carbocycles. The molecule has 2 aromatic heterocycles. The van der Waals surface area contributed by atoms with Gasteiger partial charge in [0.2, 0.25) is 0 Å². The molecule has 1 amide bonds. The Morgan fingerprint density at radius 1 is 1.29 bits per heavy atom. The molecule has 0 aliphatic carbocycles. The van der Waals surface area contributed by atoms with E-state index in [-0.39, 0.29) is 11.6 Å². The summed E-state index contributed by atoms with van der Waals surface area (Å²) in [5.41, 5.74) is 0.245. The van der Waals surface area contributed by atoms with E-state index in [4.69, 9.17) is 11.6 Å². The molecular formula is C11H7BrClN3O. The van der Waals surface area contributed by atoms with Gasteiger partial charge in [0.1, 0.15) is 11.5 Å². The lowest BCUT2D eigenvalue weighted by Crippen LogP contribution is -2.14. The van der Waals surface area contributed by atoms with Crippen LogP contribution in [0.25, 0.3) is 0 Å². The third kappa shape index (κ3) is 3.01. The molecule has 17 heavy (non-hydrogen) atoms. The summed E-state index contributed by atoms with van der Waals surface area (Å²) < 4.78 is 0.704. The van der Waals surface area contributed by atoms with E-state index in [1.807, 2.05) is 0 Å². The Balaban J connectivity index is 2.20. The van der Waals surface area contributed by atoms with E-state index < -0.39 is 0 Å². The Morgan fingerprint density at radius 2 is 2.12 bits per heavy atom. The maximum absolute atomic E-state index is 11.8. The van der Waals surface area contributed by atoms with Crippen molar-refractivity contribution in [2.45, 2.75) is 0 Å². The van der Waals surface area contributed by atoms with Crippen molar-refractivity contribution in [3.63, 3.8) is 0 Å². The molecule has 4 nitrogen and oxygen atoms in total.